The fraction of sp³-hybridized carbons (Fsp3) is 0.500. The van der Waals surface area contributed by atoms with Crippen LogP contribution in [-0.4, -0.2) is 25.2 Å². The molecule has 18 heavy (non-hydrogen) atoms. The van der Waals surface area contributed by atoms with E-state index in [4.69, 9.17) is 16.3 Å². The van der Waals surface area contributed by atoms with Gasteiger partial charge in [-0.05, 0) is 37.0 Å². The minimum Gasteiger partial charge on any atom is -0.381 e. The Morgan fingerprint density at radius 2 is 1.94 bits per heavy atom. The monoisotopic (exact) mass is 267 g/mol. The first-order valence-electron chi connectivity index (χ1n) is 6.35. The summed E-state index contributed by atoms with van der Waals surface area (Å²) in [7, 11) is 0. The molecule has 1 N–H and O–H groups in total. The average Bonchev–Trinajstić information content (AvgIpc) is 2.39. The summed E-state index contributed by atoms with van der Waals surface area (Å²) in [5, 5.41) is 3.78. The van der Waals surface area contributed by atoms with Crippen molar-refractivity contribution in [3.63, 3.8) is 0 Å². The summed E-state index contributed by atoms with van der Waals surface area (Å²) in [6.07, 6.45) is 3.13. The molecule has 1 aromatic carbocycles. The molecule has 0 aromatic heterocycles. The minimum atomic E-state index is 0.122. The Bertz CT molecular complexity index is 385. The van der Waals surface area contributed by atoms with Crippen molar-refractivity contribution in [3.8, 4) is 0 Å². The summed E-state index contributed by atoms with van der Waals surface area (Å²) in [6, 6.07) is 7.92. The van der Waals surface area contributed by atoms with Gasteiger partial charge in [0.15, 0.2) is 0 Å². The van der Waals surface area contributed by atoms with Crippen molar-refractivity contribution < 1.29 is 9.53 Å². The SMILES string of the molecule is O=C(CCc1ccc(Cl)cc1)NC1CCOCC1. The molecule has 0 aliphatic carbocycles. The molecule has 1 aromatic rings. The molecule has 98 valence electrons. The fourth-order valence-corrected chi connectivity index (χ4v) is 2.18. The molecule has 1 fully saturated rings. The Balaban J connectivity index is 1.72. The van der Waals surface area contributed by atoms with E-state index in [1.54, 1.807) is 0 Å². The molecule has 1 aliphatic heterocycles. The average molecular weight is 268 g/mol. The summed E-state index contributed by atoms with van der Waals surface area (Å²) in [5.41, 5.74) is 1.14. The number of amides is 1. The van der Waals surface area contributed by atoms with E-state index in [0.29, 0.717) is 6.42 Å². The molecular formula is C14H18ClNO2. The van der Waals surface area contributed by atoms with Crippen LogP contribution in [0, 0.1) is 0 Å². The van der Waals surface area contributed by atoms with Gasteiger partial charge in [-0.15, -0.1) is 0 Å². The Labute approximate surface area is 112 Å². The number of ether oxygens (including phenoxy) is 1. The van der Waals surface area contributed by atoms with Crippen molar-refractivity contribution in [3.05, 3.63) is 34.9 Å². The molecule has 0 spiro atoms. The van der Waals surface area contributed by atoms with Crippen molar-refractivity contribution in [2.24, 2.45) is 0 Å². The lowest BCUT2D eigenvalue weighted by atomic mass is 10.1. The highest BCUT2D eigenvalue weighted by atomic mass is 35.5. The largest absolute Gasteiger partial charge is 0.381 e. The highest BCUT2D eigenvalue weighted by Crippen LogP contribution is 2.11. The number of nitrogens with one attached hydrogen (secondary N) is 1. The van der Waals surface area contributed by atoms with E-state index < -0.39 is 0 Å². The highest BCUT2D eigenvalue weighted by molar-refractivity contribution is 6.30. The van der Waals surface area contributed by atoms with Gasteiger partial charge in [-0.25, -0.2) is 0 Å². The van der Waals surface area contributed by atoms with Gasteiger partial charge in [0.2, 0.25) is 5.91 Å². The normalized spacial score (nSPS) is 16.5. The second-order valence-electron chi connectivity index (χ2n) is 4.58. The molecule has 0 unspecified atom stereocenters. The van der Waals surface area contributed by atoms with E-state index in [1.165, 1.54) is 0 Å². The lowest BCUT2D eigenvalue weighted by Gasteiger charge is -2.23. The zero-order valence-electron chi connectivity index (χ0n) is 10.3. The first-order chi connectivity index (χ1) is 8.74. The van der Waals surface area contributed by atoms with Crippen LogP contribution in [0.2, 0.25) is 5.02 Å². The number of hydrogen-bond acceptors (Lipinski definition) is 2. The van der Waals surface area contributed by atoms with Crippen molar-refractivity contribution in [2.45, 2.75) is 31.7 Å². The predicted octanol–water partition coefficient (Wildman–Crippen LogP) is 2.57. The number of aryl methyl sites for hydroxylation is 1. The molecule has 4 heteroatoms. The molecule has 0 saturated carbocycles. The third-order valence-electron chi connectivity index (χ3n) is 3.14. The second kappa shape index (κ2) is 6.76. The Morgan fingerprint density at radius 3 is 2.61 bits per heavy atom. The number of hydrogen-bond donors (Lipinski definition) is 1. The van der Waals surface area contributed by atoms with Crippen LogP contribution in [0.1, 0.15) is 24.8 Å². The quantitative estimate of drug-likeness (QED) is 0.911. The third kappa shape index (κ3) is 4.31. The lowest BCUT2D eigenvalue weighted by molar-refractivity contribution is -0.122. The smallest absolute Gasteiger partial charge is 0.220 e. The molecule has 1 heterocycles. The van der Waals surface area contributed by atoms with Crippen LogP contribution in [0.15, 0.2) is 24.3 Å². The molecule has 2 rings (SSSR count). The summed E-state index contributed by atoms with van der Waals surface area (Å²) in [5.74, 6) is 0.122. The van der Waals surface area contributed by atoms with Gasteiger partial charge in [0, 0.05) is 30.7 Å². The standard InChI is InChI=1S/C14H18ClNO2/c15-12-4-1-11(2-5-12)3-6-14(17)16-13-7-9-18-10-8-13/h1-2,4-5,13H,3,6-10H2,(H,16,17). The van der Waals surface area contributed by atoms with E-state index in [9.17, 15) is 4.79 Å². The Kier molecular flexibility index (Phi) is 5.02. The van der Waals surface area contributed by atoms with Gasteiger partial charge < -0.3 is 10.1 Å². The summed E-state index contributed by atoms with van der Waals surface area (Å²) in [4.78, 5) is 11.8. The summed E-state index contributed by atoms with van der Waals surface area (Å²) >= 11 is 5.81. The maximum atomic E-state index is 11.8. The fourth-order valence-electron chi connectivity index (χ4n) is 2.05. The van der Waals surface area contributed by atoms with Crippen LogP contribution < -0.4 is 5.32 Å². The van der Waals surface area contributed by atoms with Gasteiger partial charge in [0.05, 0.1) is 0 Å². The molecule has 1 aliphatic rings. The number of carbonyl (C=O) groups is 1. The molecular weight excluding hydrogens is 250 g/mol. The third-order valence-corrected chi connectivity index (χ3v) is 3.39. The van der Waals surface area contributed by atoms with Gasteiger partial charge in [-0.1, -0.05) is 23.7 Å². The maximum absolute atomic E-state index is 11.8. The van der Waals surface area contributed by atoms with Crippen LogP contribution in [0.5, 0.6) is 0 Å². The van der Waals surface area contributed by atoms with E-state index in [2.05, 4.69) is 5.32 Å². The van der Waals surface area contributed by atoms with Gasteiger partial charge in [-0.2, -0.15) is 0 Å². The first kappa shape index (κ1) is 13.4. The zero-order chi connectivity index (χ0) is 12.8. The lowest BCUT2D eigenvalue weighted by Crippen LogP contribution is -2.38. The number of rotatable bonds is 4. The van der Waals surface area contributed by atoms with Gasteiger partial charge in [0.25, 0.3) is 0 Å². The van der Waals surface area contributed by atoms with Crippen LogP contribution in [-0.2, 0) is 16.0 Å². The summed E-state index contributed by atoms with van der Waals surface area (Å²) < 4.78 is 5.26. The number of benzene rings is 1. The molecule has 1 amide bonds. The predicted molar refractivity (Wildman–Crippen MR) is 71.8 cm³/mol. The van der Waals surface area contributed by atoms with Crippen molar-refractivity contribution in [2.75, 3.05) is 13.2 Å². The highest BCUT2D eigenvalue weighted by Gasteiger charge is 2.15. The first-order valence-corrected chi connectivity index (χ1v) is 6.73. The molecule has 0 atom stereocenters. The van der Waals surface area contributed by atoms with Crippen LogP contribution >= 0.6 is 11.6 Å². The van der Waals surface area contributed by atoms with Crippen molar-refractivity contribution in [1.82, 2.24) is 5.32 Å². The molecule has 3 nitrogen and oxygen atoms in total. The molecule has 1 saturated heterocycles. The van der Waals surface area contributed by atoms with Crippen LogP contribution in [0.3, 0.4) is 0 Å². The van der Waals surface area contributed by atoms with Crippen molar-refractivity contribution in [1.29, 1.82) is 0 Å². The van der Waals surface area contributed by atoms with Gasteiger partial charge in [0.1, 0.15) is 0 Å². The Hall–Kier alpha value is -1.06. The van der Waals surface area contributed by atoms with E-state index in [1.807, 2.05) is 24.3 Å². The number of carbonyl (C=O) groups excluding carboxylic acids is 1. The molecule has 0 bridgehead atoms. The minimum absolute atomic E-state index is 0.122. The topological polar surface area (TPSA) is 38.3 Å². The second-order valence-corrected chi connectivity index (χ2v) is 5.02. The van der Waals surface area contributed by atoms with E-state index in [0.717, 1.165) is 43.1 Å². The Morgan fingerprint density at radius 1 is 1.28 bits per heavy atom. The maximum Gasteiger partial charge on any atom is 0.220 e. The van der Waals surface area contributed by atoms with Crippen LogP contribution in [0.4, 0.5) is 0 Å². The van der Waals surface area contributed by atoms with Gasteiger partial charge in [-0.3, -0.25) is 4.79 Å². The van der Waals surface area contributed by atoms with E-state index in [-0.39, 0.29) is 11.9 Å². The summed E-state index contributed by atoms with van der Waals surface area (Å²) in [6.45, 7) is 1.50. The zero-order valence-corrected chi connectivity index (χ0v) is 11.1. The van der Waals surface area contributed by atoms with Gasteiger partial charge >= 0.3 is 0 Å². The van der Waals surface area contributed by atoms with Crippen LogP contribution in [0.25, 0.3) is 0 Å². The van der Waals surface area contributed by atoms with Crippen molar-refractivity contribution >= 4 is 17.5 Å². The molecule has 0 radical (unpaired) electrons. The van der Waals surface area contributed by atoms with E-state index >= 15 is 0 Å². The number of halogens is 1.